The minimum Gasteiger partial charge on any atom is -0.491 e. The van der Waals surface area contributed by atoms with Crippen LogP contribution < -0.4 is 21.1 Å². The fourth-order valence-electron chi connectivity index (χ4n) is 3.39. The standard InChI is InChI=1S/C22H25N7OS/c1-31-12-14-8-17(4-5-18(14)30-13-22(24)6-7-22)26-19-9-20(27-16-2-3-16)29-21(28-19)15(10-23)11-25-29/h4-5,8-9,11,16,27H,2-3,6-7,12-13,24H2,1H3,(H,26,28). The summed E-state index contributed by atoms with van der Waals surface area (Å²) in [5, 5.41) is 20.6. The molecule has 2 aliphatic rings. The van der Waals surface area contributed by atoms with Crippen molar-refractivity contribution in [2.75, 3.05) is 23.5 Å². The van der Waals surface area contributed by atoms with E-state index in [1.54, 1.807) is 22.5 Å². The number of benzene rings is 1. The number of anilines is 3. The van der Waals surface area contributed by atoms with Gasteiger partial charge in [-0.1, -0.05) is 0 Å². The van der Waals surface area contributed by atoms with Crippen LogP contribution in [0.2, 0.25) is 0 Å². The molecule has 9 heteroatoms. The van der Waals surface area contributed by atoms with Gasteiger partial charge in [-0.3, -0.25) is 0 Å². The second-order valence-corrected chi connectivity index (χ2v) is 9.25. The van der Waals surface area contributed by atoms with Crippen LogP contribution >= 0.6 is 11.8 Å². The highest BCUT2D eigenvalue weighted by molar-refractivity contribution is 7.97. The molecule has 0 amide bonds. The Labute approximate surface area is 185 Å². The summed E-state index contributed by atoms with van der Waals surface area (Å²) in [4.78, 5) is 4.64. The van der Waals surface area contributed by atoms with Crippen molar-refractivity contribution in [3.05, 3.63) is 41.6 Å². The second kappa shape index (κ2) is 7.94. The lowest BCUT2D eigenvalue weighted by Gasteiger charge is -2.16. The first kappa shape index (κ1) is 20.0. The van der Waals surface area contributed by atoms with Crippen LogP contribution in [0.15, 0.2) is 30.5 Å². The van der Waals surface area contributed by atoms with Crippen molar-refractivity contribution >= 4 is 34.7 Å². The number of nitrogens with zero attached hydrogens (tertiary/aromatic N) is 4. The zero-order chi connectivity index (χ0) is 21.4. The lowest BCUT2D eigenvalue weighted by Crippen LogP contribution is -2.29. The highest BCUT2D eigenvalue weighted by Gasteiger charge is 2.39. The van der Waals surface area contributed by atoms with Crippen LogP contribution in [0.3, 0.4) is 0 Å². The smallest absolute Gasteiger partial charge is 0.177 e. The fourth-order valence-corrected chi connectivity index (χ4v) is 3.92. The van der Waals surface area contributed by atoms with Crippen LogP contribution in [-0.2, 0) is 5.75 Å². The molecule has 31 heavy (non-hydrogen) atoms. The van der Waals surface area contributed by atoms with Crippen molar-refractivity contribution in [1.82, 2.24) is 14.6 Å². The lowest BCUT2D eigenvalue weighted by atomic mass is 10.2. The second-order valence-electron chi connectivity index (χ2n) is 8.38. The third kappa shape index (κ3) is 4.40. The summed E-state index contributed by atoms with van der Waals surface area (Å²) in [5.74, 6) is 3.21. The van der Waals surface area contributed by atoms with Gasteiger partial charge in [0.1, 0.15) is 35.6 Å². The summed E-state index contributed by atoms with van der Waals surface area (Å²) < 4.78 is 7.72. The first-order valence-corrected chi connectivity index (χ1v) is 11.8. The summed E-state index contributed by atoms with van der Waals surface area (Å²) in [6.45, 7) is 0.549. The van der Waals surface area contributed by atoms with Crippen molar-refractivity contribution < 1.29 is 4.74 Å². The molecule has 0 saturated heterocycles. The highest BCUT2D eigenvalue weighted by atomic mass is 32.2. The molecular weight excluding hydrogens is 410 g/mol. The Morgan fingerprint density at radius 2 is 2.19 bits per heavy atom. The number of hydrogen-bond acceptors (Lipinski definition) is 8. The van der Waals surface area contributed by atoms with Crippen LogP contribution in [-0.4, -0.2) is 39.0 Å². The zero-order valence-corrected chi connectivity index (χ0v) is 18.2. The van der Waals surface area contributed by atoms with Gasteiger partial charge in [-0.25, -0.2) is 4.98 Å². The number of nitriles is 1. The molecule has 0 aliphatic heterocycles. The first-order valence-electron chi connectivity index (χ1n) is 10.4. The van der Waals surface area contributed by atoms with Gasteiger partial charge in [0.2, 0.25) is 0 Å². The molecule has 2 fully saturated rings. The molecule has 8 nitrogen and oxygen atoms in total. The summed E-state index contributed by atoms with van der Waals surface area (Å²) in [6.07, 6.45) is 7.95. The van der Waals surface area contributed by atoms with E-state index in [1.165, 1.54) is 0 Å². The Kier molecular flexibility index (Phi) is 5.12. The normalized spacial score (nSPS) is 16.7. The number of hydrogen-bond donors (Lipinski definition) is 3. The highest BCUT2D eigenvalue weighted by Crippen LogP contribution is 2.35. The zero-order valence-electron chi connectivity index (χ0n) is 17.4. The van der Waals surface area contributed by atoms with Crippen molar-refractivity contribution in [2.45, 2.75) is 43.0 Å². The third-order valence-electron chi connectivity index (χ3n) is 5.56. The number of ether oxygens (including phenoxy) is 1. The maximum absolute atomic E-state index is 9.42. The van der Waals surface area contributed by atoms with Gasteiger partial charge in [-0.05, 0) is 50.1 Å². The number of nitrogens with two attached hydrogens (primary N) is 1. The number of rotatable bonds is 9. The predicted octanol–water partition coefficient (Wildman–Crippen LogP) is 3.65. The molecule has 2 saturated carbocycles. The number of thioether (sulfide) groups is 1. The molecule has 2 aromatic heterocycles. The predicted molar refractivity (Wildman–Crippen MR) is 123 cm³/mol. The lowest BCUT2D eigenvalue weighted by molar-refractivity contribution is 0.277. The van der Waals surface area contributed by atoms with E-state index in [0.717, 1.165) is 54.3 Å². The molecule has 0 bridgehead atoms. The van der Waals surface area contributed by atoms with Gasteiger partial charge in [0.25, 0.3) is 0 Å². The van der Waals surface area contributed by atoms with E-state index in [1.807, 2.05) is 18.2 Å². The van der Waals surface area contributed by atoms with Gasteiger partial charge < -0.3 is 21.1 Å². The van der Waals surface area contributed by atoms with Gasteiger partial charge in [0, 0.05) is 29.1 Å². The Hall–Kier alpha value is -2.96. The molecule has 160 valence electrons. The van der Waals surface area contributed by atoms with Gasteiger partial charge in [-0.2, -0.15) is 26.6 Å². The average Bonchev–Trinajstić information content (AvgIpc) is 3.67. The summed E-state index contributed by atoms with van der Waals surface area (Å²) in [5.41, 5.74) is 9.04. The van der Waals surface area contributed by atoms with E-state index in [2.05, 4.69) is 39.1 Å². The van der Waals surface area contributed by atoms with Crippen LogP contribution in [0.25, 0.3) is 5.65 Å². The van der Waals surface area contributed by atoms with E-state index >= 15 is 0 Å². The van der Waals surface area contributed by atoms with Gasteiger partial charge >= 0.3 is 0 Å². The van der Waals surface area contributed by atoms with Crippen LogP contribution in [0.5, 0.6) is 5.75 Å². The van der Waals surface area contributed by atoms with Gasteiger partial charge in [0.15, 0.2) is 5.65 Å². The molecule has 2 aliphatic carbocycles. The number of aromatic nitrogens is 3. The van der Waals surface area contributed by atoms with E-state index in [4.69, 9.17) is 10.5 Å². The topological polar surface area (TPSA) is 113 Å². The fraction of sp³-hybridized carbons (Fsp3) is 0.409. The van der Waals surface area contributed by atoms with Crippen molar-refractivity contribution in [1.29, 1.82) is 5.26 Å². The SMILES string of the molecule is CSCc1cc(Nc2cc(NC3CC3)n3ncc(C#N)c3n2)ccc1OCC1(N)CC1. The van der Waals surface area contributed by atoms with Gasteiger partial charge in [-0.15, -0.1) is 0 Å². The van der Waals surface area contributed by atoms with Crippen molar-refractivity contribution in [3.63, 3.8) is 0 Å². The molecule has 0 atom stereocenters. The van der Waals surface area contributed by atoms with E-state index in [0.29, 0.717) is 29.7 Å². The van der Waals surface area contributed by atoms with Crippen LogP contribution in [0, 0.1) is 11.3 Å². The number of nitrogens with one attached hydrogen (secondary N) is 2. The molecule has 3 aromatic rings. The van der Waals surface area contributed by atoms with Crippen molar-refractivity contribution in [2.24, 2.45) is 5.73 Å². The van der Waals surface area contributed by atoms with E-state index in [9.17, 15) is 5.26 Å². The summed E-state index contributed by atoms with van der Waals surface area (Å²) in [7, 11) is 0. The summed E-state index contributed by atoms with van der Waals surface area (Å²) in [6, 6.07) is 10.6. The summed E-state index contributed by atoms with van der Waals surface area (Å²) >= 11 is 1.74. The Balaban J connectivity index is 1.42. The molecule has 0 radical (unpaired) electrons. The first-order chi connectivity index (χ1) is 15.1. The molecule has 4 N–H and O–H groups in total. The van der Waals surface area contributed by atoms with E-state index in [-0.39, 0.29) is 5.54 Å². The maximum atomic E-state index is 9.42. The molecule has 5 rings (SSSR count). The molecule has 1 aromatic carbocycles. The minimum absolute atomic E-state index is 0.151. The minimum atomic E-state index is -0.151. The van der Waals surface area contributed by atoms with Crippen LogP contribution in [0.4, 0.5) is 17.3 Å². The average molecular weight is 436 g/mol. The largest absolute Gasteiger partial charge is 0.491 e. The maximum Gasteiger partial charge on any atom is 0.177 e. The monoisotopic (exact) mass is 435 g/mol. The van der Waals surface area contributed by atoms with E-state index < -0.39 is 0 Å². The Bertz CT molecular complexity index is 1160. The molecule has 0 spiro atoms. The Morgan fingerprint density at radius 1 is 1.35 bits per heavy atom. The quantitative estimate of drug-likeness (QED) is 0.467. The molecule has 0 unspecified atom stereocenters. The van der Waals surface area contributed by atoms with Crippen LogP contribution in [0.1, 0.15) is 36.8 Å². The third-order valence-corrected chi connectivity index (χ3v) is 6.16. The van der Waals surface area contributed by atoms with Gasteiger partial charge in [0.05, 0.1) is 11.7 Å². The Morgan fingerprint density at radius 3 is 2.90 bits per heavy atom. The molecule has 2 heterocycles. The van der Waals surface area contributed by atoms with Crippen molar-refractivity contribution in [3.8, 4) is 11.8 Å². The number of fused-ring (bicyclic) bond motifs is 1. The molecular formula is C22H25N7OS.